The standard InChI is InChI=1S/C15H24OS/c1-4-5-13-6-8-14(9-7-13)15(16)11-17-10-12(2)3/h6-9,12,15-16H,4-5,10-11H2,1-3H3. The number of benzene rings is 1. The Kier molecular flexibility index (Phi) is 6.68. The number of hydrogen-bond acceptors (Lipinski definition) is 2. The molecular weight excluding hydrogens is 228 g/mol. The predicted molar refractivity (Wildman–Crippen MR) is 77.6 cm³/mol. The van der Waals surface area contributed by atoms with Gasteiger partial charge in [-0.25, -0.2) is 0 Å². The number of rotatable bonds is 7. The molecule has 0 radical (unpaired) electrons. The Labute approximate surface area is 110 Å². The first-order valence-corrected chi connectivity index (χ1v) is 7.63. The highest BCUT2D eigenvalue weighted by Crippen LogP contribution is 2.20. The van der Waals surface area contributed by atoms with Gasteiger partial charge < -0.3 is 5.11 Å². The lowest BCUT2D eigenvalue weighted by atomic mass is 10.1. The number of aliphatic hydroxyl groups excluding tert-OH is 1. The van der Waals surface area contributed by atoms with Crippen LogP contribution in [0.1, 0.15) is 44.4 Å². The molecule has 0 aliphatic carbocycles. The second-order valence-corrected chi connectivity index (χ2v) is 6.01. The van der Waals surface area contributed by atoms with E-state index < -0.39 is 0 Å². The third-order valence-electron chi connectivity index (χ3n) is 2.63. The lowest BCUT2D eigenvalue weighted by Gasteiger charge is -2.12. The van der Waals surface area contributed by atoms with E-state index in [2.05, 4.69) is 45.0 Å². The zero-order valence-corrected chi connectivity index (χ0v) is 12.0. The van der Waals surface area contributed by atoms with Crippen molar-refractivity contribution in [2.75, 3.05) is 11.5 Å². The molecule has 2 heteroatoms. The van der Waals surface area contributed by atoms with Crippen LogP contribution in [0.2, 0.25) is 0 Å². The molecule has 1 unspecified atom stereocenters. The molecular formula is C15H24OS. The van der Waals surface area contributed by atoms with E-state index in [-0.39, 0.29) is 6.10 Å². The molecule has 0 spiro atoms. The first-order chi connectivity index (χ1) is 8.13. The fraction of sp³-hybridized carbons (Fsp3) is 0.600. The topological polar surface area (TPSA) is 20.2 Å². The Morgan fingerprint density at radius 3 is 2.29 bits per heavy atom. The average molecular weight is 252 g/mol. The van der Waals surface area contributed by atoms with Crippen molar-refractivity contribution < 1.29 is 5.11 Å². The van der Waals surface area contributed by atoms with Crippen molar-refractivity contribution in [2.45, 2.75) is 39.7 Å². The normalized spacial score (nSPS) is 13.0. The van der Waals surface area contributed by atoms with Crippen LogP contribution >= 0.6 is 11.8 Å². The summed E-state index contributed by atoms with van der Waals surface area (Å²) in [5.41, 5.74) is 2.40. The van der Waals surface area contributed by atoms with Crippen LogP contribution in [0.3, 0.4) is 0 Å². The van der Waals surface area contributed by atoms with Gasteiger partial charge in [0.2, 0.25) is 0 Å². The third-order valence-corrected chi connectivity index (χ3v) is 4.08. The van der Waals surface area contributed by atoms with Gasteiger partial charge in [0.15, 0.2) is 0 Å². The van der Waals surface area contributed by atoms with Crippen molar-refractivity contribution in [3.8, 4) is 0 Å². The number of thioether (sulfide) groups is 1. The fourth-order valence-corrected chi connectivity index (χ4v) is 2.73. The zero-order chi connectivity index (χ0) is 12.7. The van der Waals surface area contributed by atoms with Crippen molar-refractivity contribution in [3.63, 3.8) is 0 Å². The SMILES string of the molecule is CCCc1ccc(C(O)CSCC(C)C)cc1. The molecule has 96 valence electrons. The number of hydrogen-bond donors (Lipinski definition) is 1. The van der Waals surface area contributed by atoms with Gasteiger partial charge in [-0.05, 0) is 29.2 Å². The maximum absolute atomic E-state index is 10.0. The first-order valence-electron chi connectivity index (χ1n) is 6.48. The molecule has 0 heterocycles. The summed E-state index contributed by atoms with van der Waals surface area (Å²) in [5.74, 6) is 2.61. The molecule has 0 aliphatic rings. The Morgan fingerprint density at radius 2 is 1.76 bits per heavy atom. The molecule has 1 nitrogen and oxygen atoms in total. The minimum Gasteiger partial charge on any atom is -0.388 e. The smallest absolute Gasteiger partial charge is 0.0880 e. The zero-order valence-electron chi connectivity index (χ0n) is 11.1. The van der Waals surface area contributed by atoms with E-state index in [1.165, 1.54) is 12.0 Å². The fourth-order valence-electron chi connectivity index (χ4n) is 1.71. The van der Waals surface area contributed by atoms with Crippen LogP contribution in [0.4, 0.5) is 0 Å². The summed E-state index contributed by atoms with van der Waals surface area (Å²) in [4.78, 5) is 0. The van der Waals surface area contributed by atoms with Gasteiger partial charge in [-0.15, -0.1) is 0 Å². The molecule has 0 aliphatic heterocycles. The first kappa shape index (κ1) is 14.6. The Hall–Kier alpha value is -0.470. The molecule has 0 saturated heterocycles. The predicted octanol–water partition coefficient (Wildman–Crippen LogP) is 4.06. The summed E-state index contributed by atoms with van der Waals surface area (Å²) in [5, 5.41) is 10.0. The van der Waals surface area contributed by atoms with Crippen LogP contribution in [0.15, 0.2) is 24.3 Å². The van der Waals surface area contributed by atoms with Crippen LogP contribution in [0, 0.1) is 5.92 Å². The summed E-state index contributed by atoms with van der Waals surface area (Å²) >= 11 is 1.83. The van der Waals surface area contributed by atoms with E-state index in [1.807, 2.05) is 11.8 Å². The molecule has 1 rings (SSSR count). The van der Waals surface area contributed by atoms with Gasteiger partial charge in [0.1, 0.15) is 0 Å². The third kappa shape index (κ3) is 5.60. The Balaban J connectivity index is 2.43. The van der Waals surface area contributed by atoms with Crippen molar-refractivity contribution in [2.24, 2.45) is 5.92 Å². The van der Waals surface area contributed by atoms with Crippen LogP contribution in [0.5, 0.6) is 0 Å². The molecule has 0 saturated carbocycles. The molecule has 1 aromatic rings. The second kappa shape index (κ2) is 7.78. The van der Waals surface area contributed by atoms with Gasteiger partial charge in [-0.1, -0.05) is 51.5 Å². The number of aryl methyl sites for hydroxylation is 1. The van der Waals surface area contributed by atoms with Crippen LogP contribution in [-0.4, -0.2) is 16.6 Å². The summed E-state index contributed by atoms with van der Waals surface area (Å²) in [6, 6.07) is 8.39. The molecule has 0 aromatic heterocycles. The highest BCUT2D eigenvalue weighted by atomic mass is 32.2. The molecule has 1 aromatic carbocycles. The molecule has 0 bridgehead atoms. The highest BCUT2D eigenvalue weighted by Gasteiger charge is 2.07. The van der Waals surface area contributed by atoms with Crippen LogP contribution in [-0.2, 0) is 6.42 Å². The van der Waals surface area contributed by atoms with Crippen molar-refractivity contribution >= 4 is 11.8 Å². The minimum absolute atomic E-state index is 0.325. The van der Waals surface area contributed by atoms with E-state index in [1.54, 1.807) is 0 Å². The highest BCUT2D eigenvalue weighted by molar-refractivity contribution is 7.99. The van der Waals surface area contributed by atoms with Crippen molar-refractivity contribution in [3.05, 3.63) is 35.4 Å². The largest absolute Gasteiger partial charge is 0.388 e. The quantitative estimate of drug-likeness (QED) is 0.789. The molecule has 0 amide bonds. The molecule has 1 atom stereocenters. The van der Waals surface area contributed by atoms with Gasteiger partial charge in [0, 0.05) is 5.75 Å². The summed E-state index contributed by atoms with van der Waals surface area (Å²) < 4.78 is 0. The van der Waals surface area contributed by atoms with E-state index in [9.17, 15) is 5.11 Å². The average Bonchev–Trinajstić information content (AvgIpc) is 2.30. The van der Waals surface area contributed by atoms with Gasteiger partial charge in [-0.3, -0.25) is 0 Å². The van der Waals surface area contributed by atoms with Gasteiger partial charge >= 0.3 is 0 Å². The van der Waals surface area contributed by atoms with E-state index in [0.717, 1.165) is 23.5 Å². The van der Waals surface area contributed by atoms with Crippen molar-refractivity contribution in [1.29, 1.82) is 0 Å². The van der Waals surface area contributed by atoms with Crippen molar-refractivity contribution in [1.82, 2.24) is 0 Å². The lowest BCUT2D eigenvalue weighted by Crippen LogP contribution is -2.03. The number of aliphatic hydroxyl groups is 1. The molecule has 17 heavy (non-hydrogen) atoms. The second-order valence-electron chi connectivity index (χ2n) is 4.94. The van der Waals surface area contributed by atoms with Crippen LogP contribution in [0.25, 0.3) is 0 Å². The van der Waals surface area contributed by atoms with Gasteiger partial charge in [0.25, 0.3) is 0 Å². The van der Waals surface area contributed by atoms with E-state index in [0.29, 0.717) is 5.92 Å². The molecule has 0 fully saturated rings. The van der Waals surface area contributed by atoms with E-state index in [4.69, 9.17) is 0 Å². The maximum atomic E-state index is 10.0. The van der Waals surface area contributed by atoms with E-state index >= 15 is 0 Å². The summed E-state index contributed by atoms with van der Waals surface area (Å²) in [7, 11) is 0. The monoisotopic (exact) mass is 252 g/mol. The summed E-state index contributed by atoms with van der Waals surface area (Å²) in [6.45, 7) is 6.60. The minimum atomic E-state index is -0.325. The summed E-state index contributed by atoms with van der Waals surface area (Å²) in [6.07, 6.45) is 1.97. The lowest BCUT2D eigenvalue weighted by molar-refractivity contribution is 0.204. The Morgan fingerprint density at radius 1 is 1.12 bits per heavy atom. The van der Waals surface area contributed by atoms with Gasteiger partial charge in [-0.2, -0.15) is 11.8 Å². The Bertz CT molecular complexity index is 305. The molecule has 1 N–H and O–H groups in total. The van der Waals surface area contributed by atoms with Gasteiger partial charge in [0.05, 0.1) is 6.10 Å². The van der Waals surface area contributed by atoms with Crippen LogP contribution < -0.4 is 0 Å². The maximum Gasteiger partial charge on any atom is 0.0880 e.